The molecule has 6 nitrogen and oxygen atoms in total. The van der Waals surface area contributed by atoms with Crippen LogP contribution in [0.2, 0.25) is 0 Å². The van der Waals surface area contributed by atoms with Crippen LogP contribution in [0, 0.1) is 0 Å². The van der Waals surface area contributed by atoms with Gasteiger partial charge in [0.05, 0.1) is 22.3 Å². The summed E-state index contributed by atoms with van der Waals surface area (Å²) in [6.45, 7) is 5.02. The number of nitrogens with one attached hydrogen (secondary N) is 1. The molecule has 1 aliphatic heterocycles. The van der Waals surface area contributed by atoms with Crippen LogP contribution < -0.4 is 9.79 Å². The molecule has 0 aliphatic carbocycles. The van der Waals surface area contributed by atoms with Crippen LogP contribution in [0.5, 0.6) is 0 Å². The Morgan fingerprint density at radius 3 is 2.28 bits per heavy atom. The molecule has 1 aliphatic rings. The van der Waals surface area contributed by atoms with Crippen molar-refractivity contribution in [3.05, 3.63) is 54.1 Å². The van der Waals surface area contributed by atoms with Gasteiger partial charge in [0.15, 0.2) is 0 Å². The minimum absolute atomic E-state index is 0.104. The highest BCUT2D eigenvalue weighted by molar-refractivity contribution is 7.92. The van der Waals surface area contributed by atoms with Crippen molar-refractivity contribution in [2.24, 2.45) is 0 Å². The van der Waals surface area contributed by atoms with Gasteiger partial charge in [-0.15, -0.1) is 13.2 Å². The third-order valence-electron chi connectivity index (χ3n) is 5.43. The number of nitrogens with zero attached hydrogens (tertiary/aromatic N) is 2. The zero-order valence-corrected chi connectivity index (χ0v) is 19.1. The van der Waals surface area contributed by atoms with Crippen molar-refractivity contribution in [2.75, 3.05) is 29.9 Å². The lowest BCUT2D eigenvalue weighted by molar-refractivity contribution is -0.333. The summed E-state index contributed by atoms with van der Waals surface area (Å²) in [5.41, 5.74) is 1.14. The molecule has 176 valence electrons. The second kappa shape index (κ2) is 9.68. The number of halogens is 3. The fraction of sp³-hybridized carbons (Fsp3) is 0.455. The van der Waals surface area contributed by atoms with E-state index in [9.17, 15) is 21.6 Å². The smallest absolute Gasteiger partial charge is 0.306 e. The Hall–Kier alpha value is -2.30. The number of benzene rings is 2. The molecule has 32 heavy (non-hydrogen) atoms. The third kappa shape index (κ3) is 6.14. The highest BCUT2D eigenvalue weighted by Crippen LogP contribution is 2.35. The Morgan fingerprint density at radius 1 is 1.09 bits per heavy atom. The van der Waals surface area contributed by atoms with Crippen LogP contribution >= 0.6 is 0 Å². The zero-order chi connectivity index (χ0) is 23.5. The van der Waals surface area contributed by atoms with Gasteiger partial charge in [-0.25, -0.2) is 13.5 Å². The van der Waals surface area contributed by atoms with E-state index < -0.39 is 22.4 Å². The van der Waals surface area contributed by atoms with Crippen molar-refractivity contribution < 1.29 is 26.4 Å². The number of sulfonamides is 1. The molecule has 0 spiro atoms. The van der Waals surface area contributed by atoms with Gasteiger partial charge >= 0.3 is 6.36 Å². The Balaban J connectivity index is 1.95. The fourth-order valence-corrected chi connectivity index (χ4v) is 4.85. The van der Waals surface area contributed by atoms with Gasteiger partial charge in [0.25, 0.3) is 10.0 Å². The minimum atomic E-state index is -4.84. The van der Waals surface area contributed by atoms with Crippen molar-refractivity contribution in [1.82, 2.24) is 4.90 Å². The van der Waals surface area contributed by atoms with E-state index in [0.29, 0.717) is 37.2 Å². The molecule has 1 N–H and O–H groups in total. The Kier molecular flexibility index (Phi) is 7.36. The first-order chi connectivity index (χ1) is 15.0. The van der Waals surface area contributed by atoms with Crippen LogP contribution in [0.3, 0.4) is 0 Å². The molecule has 2 aromatic rings. The average molecular weight is 472 g/mol. The van der Waals surface area contributed by atoms with E-state index in [1.54, 1.807) is 24.3 Å². The molecular weight excluding hydrogens is 443 g/mol. The summed E-state index contributed by atoms with van der Waals surface area (Å²) in [5, 5.41) is 0.925. The van der Waals surface area contributed by atoms with Gasteiger partial charge in [-0.05, 0) is 74.8 Å². The maximum absolute atomic E-state index is 13.2. The predicted molar refractivity (Wildman–Crippen MR) is 118 cm³/mol. The normalized spacial score (nSPS) is 16.3. The highest BCUT2D eigenvalue weighted by Gasteiger charge is 2.37. The molecule has 2 aromatic carbocycles. The molecule has 0 amide bonds. The number of anilines is 2. The predicted octanol–water partition coefficient (Wildman–Crippen LogP) is 4.96. The SMILES string of the molecule is CC(C)c1cc(N(OC(F)(F)F)C2CCN(C)CC2)ccc1NS(=O)(=O)c1ccccc1. The van der Waals surface area contributed by atoms with Crippen molar-refractivity contribution in [1.29, 1.82) is 0 Å². The van der Waals surface area contributed by atoms with Crippen LogP contribution in [0.1, 0.15) is 38.2 Å². The molecule has 0 atom stereocenters. The first-order valence-corrected chi connectivity index (χ1v) is 11.9. The molecule has 0 bridgehead atoms. The average Bonchev–Trinajstić information content (AvgIpc) is 2.73. The van der Waals surface area contributed by atoms with E-state index in [4.69, 9.17) is 0 Å². The molecule has 1 saturated heterocycles. The number of rotatable bonds is 7. The Morgan fingerprint density at radius 2 is 1.72 bits per heavy atom. The summed E-state index contributed by atoms with van der Waals surface area (Å²) < 4.78 is 67.7. The zero-order valence-electron chi connectivity index (χ0n) is 18.3. The fourth-order valence-electron chi connectivity index (χ4n) is 3.74. The summed E-state index contributed by atoms with van der Waals surface area (Å²) in [4.78, 5) is 6.58. The first-order valence-electron chi connectivity index (χ1n) is 10.4. The van der Waals surface area contributed by atoms with Crippen LogP contribution in [-0.2, 0) is 14.9 Å². The van der Waals surface area contributed by atoms with E-state index in [1.165, 1.54) is 24.3 Å². The summed E-state index contributed by atoms with van der Waals surface area (Å²) >= 11 is 0. The quantitative estimate of drug-likeness (QED) is 0.578. The molecule has 0 saturated carbocycles. The van der Waals surface area contributed by atoms with Crippen LogP contribution in [0.4, 0.5) is 24.5 Å². The largest absolute Gasteiger partial charge is 0.544 e. The van der Waals surface area contributed by atoms with Gasteiger partial charge < -0.3 is 4.90 Å². The second-order valence-corrected chi connectivity index (χ2v) is 9.92. The highest BCUT2D eigenvalue weighted by atomic mass is 32.2. The maximum atomic E-state index is 13.2. The summed E-state index contributed by atoms with van der Waals surface area (Å²) in [6.07, 6.45) is -3.80. The molecule has 1 fully saturated rings. The first kappa shape index (κ1) is 24.3. The Labute approximate surface area is 187 Å². The van der Waals surface area contributed by atoms with E-state index in [0.717, 1.165) is 5.06 Å². The Bertz CT molecular complexity index is 1010. The lowest BCUT2D eigenvalue weighted by atomic mass is 9.99. The second-order valence-electron chi connectivity index (χ2n) is 8.24. The summed E-state index contributed by atoms with van der Waals surface area (Å²) in [7, 11) is -1.91. The van der Waals surface area contributed by atoms with E-state index in [2.05, 4.69) is 14.5 Å². The number of likely N-dealkylation sites (tertiary alicyclic amines) is 1. The van der Waals surface area contributed by atoms with Crippen molar-refractivity contribution in [2.45, 2.75) is 49.9 Å². The number of hydroxylamine groups is 1. The molecular formula is C22H28F3N3O3S. The van der Waals surface area contributed by atoms with Crippen molar-refractivity contribution in [3.63, 3.8) is 0 Å². The molecule has 1 heterocycles. The van der Waals surface area contributed by atoms with Gasteiger partial charge in [-0.2, -0.15) is 4.84 Å². The number of hydrogen-bond acceptors (Lipinski definition) is 5. The van der Waals surface area contributed by atoms with Crippen molar-refractivity contribution in [3.8, 4) is 0 Å². The minimum Gasteiger partial charge on any atom is -0.306 e. The van der Waals surface area contributed by atoms with E-state index in [-0.39, 0.29) is 16.5 Å². The molecule has 0 aromatic heterocycles. The molecule has 3 rings (SSSR count). The van der Waals surface area contributed by atoms with Gasteiger partial charge in [0, 0.05) is 0 Å². The van der Waals surface area contributed by atoms with Crippen LogP contribution in [-0.4, -0.2) is 45.9 Å². The summed E-state index contributed by atoms with van der Waals surface area (Å²) in [5.74, 6) is -0.145. The molecule has 10 heteroatoms. The van der Waals surface area contributed by atoms with Crippen LogP contribution in [0.25, 0.3) is 0 Å². The topological polar surface area (TPSA) is 61.9 Å². The monoisotopic (exact) mass is 471 g/mol. The van der Waals surface area contributed by atoms with Gasteiger partial charge in [-0.1, -0.05) is 32.0 Å². The van der Waals surface area contributed by atoms with Gasteiger partial charge in [-0.3, -0.25) is 4.72 Å². The number of alkyl halides is 3. The number of piperidine rings is 1. The van der Waals surface area contributed by atoms with E-state index >= 15 is 0 Å². The summed E-state index contributed by atoms with van der Waals surface area (Å²) in [6, 6.07) is 12.0. The van der Waals surface area contributed by atoms with E-state index in [1.807, 2.05) is 20.9 Å². The van der Waals surface area contributed by atoms with Gasteiger partial charge in [0.2, 0.25) is 0 Å². The molecule has 0 unspecified atom stereocenters. The van der Waals surface area contributed by atoms with Gasteiger partial charge in [0.1, 0.15) is 0 Å². The van der Waals surface area contributed by atoms with Crippen molar-refractivity contribution >= 4 is 21.4 Å². The number of hydrogen-bond donors (Lipinski definition) is 1. The maximum Gasteiger partial charge on any atom is 0.544 e. The lowest BCUT2D eigenvalue weighted by Gasteiger charge is -2.38. The lowest BCUT2D eigenvalue weighted by Crippen LogP contribution is -2.46. The standard InChI is InChI=1S/C22H28F3N3O3S/c1-16(2)20-15-18(28(31-22(23,24)25)17-11-13-27(3)14-12-17)9-10-21(20)26-32(29,30)19-7-5-4-6-8-19/h4-10,15-17,26H,11-14H2,1-3H3. The third-order valence-corrected chi connectivity index (χ3v) is 6.81. The molecule has 0 radical (unpaired) electrons. The van der Waals surface area contributed by atoms with Crippen LogP contribution in [0.15, 0.2) is 53.4 Å².